The van der Waals surface area contributed by atoms with Gasteiger partial charge in [-0.25, -0.2) is 4.39 Å². The summed E-state index contributed by atoms with van der Waals surface area (Å²) in [5.41, 5.74) is 6.37. The fourth-order valence-corrected chi connectivity index (χ4v) is 2.67. The van der Waals surface area contributed by atoms with E-state index in [1.165, 1.54) is 11.8 Å². The van der Waals surface area contributed by atoms with Gasteiger partial charge in [-0.05, 0) is 30.7 Å². The minimum Gasteiger partial charge on any atom is -0.495 e. The van der Waals surface area contributed by atoms with Crippen molar-refractivity contribution in [3.63, 3.8) is 0 Å². The summed E-state index contributed by atoms with van der Waals surface area (Å²) >= 11 is 1.37. The van der Waals surface area contributed by atoms with Gasteiger partial charge in [0.05, 0.1) is 12.0 Å². The zero-order valence-corrected chi connectivity index (χ0v) is 10.4. The first-order valence-corrected chi connectivity index (χ1v) is 6.52. The Morgan fingerprint density at radius 1 is 1.50 bits per heavy atom. The number of halogens is 1. The fraction of sp³-hybridized carbons (Fsp3) is 0.500. The first-order chi connectivity index (χ1) is 7.68. The molecule has 0 aliphatic heterocycles. The maximum Gasteiger partial charge on any atom is 0.144 e. The Morgan fingerprint density at radius 2 is 2.19 bits per heavy atom. The Balaban J connectivity index is 2.49. The van der Waals surface area contributed by atoms with Gasteiger partial charge in [-0.2, -0.15) is 0 Å². The Labute approximate surface area is 99.4 Å². The smallest absolute Gasteiger partial charge is 0.144 e. The maximum absolute atomic E-state index is 14.3. The van der Waals surface area contributed by atoms with Crippen molar-refractivity contribution in [3.8, 4) is 5.75 Å². The highest BCUT2D eigenvalue weighted by Gasteiger charge is 2.45. The standard InChI is InChI=1S/C12H16FNOS/c1-15-9-4-3-8(10(13)11(9)16-2)12(7-14)5-6-12/h3-4H,5-7,14H2,1-2H3. The molecule has 0 saturated heterocycles. The molecule has 0 radical (unpaired) electrons. The number of ether oxygens (including phenoxy) is 1. The maximum atomic E-state index is 14.3. The van der Waals surface area contributed by atoms with E-state index in [1.807, 2.05) is 18.4 Å². The minimum atomic E-state index is -0.158. The molecule has 4 heteroatoms. The Morgan fingerprint density at radius 3 is 2.62 bits per heavy atom. The molecule has 2 rings (SSSR count). The zero-order chi connectivity index (χ0) is 11.8. The molecule has 0 amide bonds. The molecule has 2 N–H and O–H groups in total. The fourth-order valence-electron chi connectivity index (χ4n) is 2.03. The SMILES string of the molecule is COc1ccc(C2(CN)CC2)c(F)c1SC. The minimum absolute atomic E-state index is 0.110. The highest BCUT2D eigenvalue weighted by atomic mass is 32.2. The summed E-state index contributed by atoms with van der Waals surface area (Å²) in [4.78, 5) is 0.583. The Hall–Kier alpha value is -0.740. The second kappa shape index (κ2) is 4.26. The molecule has 1 aromatic carbocycles. The lowest BCUT2D eigenvalue weighted by molar-refractivity contribution is 0.395. The number of hydrogen-bond donors (Lipinski definition) is 1. The van der Waals surface area contributed by atoms with Gasteiger partial charge in [0.25, 0.3) is 0 Å². The molecule has 0 unspecified atom stereocenters. The lowest BCUT2D eigenvalue weighted by Gasteiger charge is -2.17. The van der Waals surface area contributed by atoms with Crippen LogP contribution in [-0.4, -0.2) is 19.9 Å². The van der Waals surface area contributed by atoms with Crippen LogP contribution in [0.4, 0.5) is 4.39 Å². The molecule has 0 bridgehead atoms. The van der Waals surface area contributed by atoms with Gasteiger partial charge in [0.1, 0.15) is 11.6 Å². The quantitative estimate of drug-likeness (QED) is 0.823. The molecular formula is C12H16FNOS. The first-order valence-electron chi connectivity index (χ1n) is 5.29. The van der Waals surface area contributed by atoms with E-state index in [0.717, 1.165) is 18.4 Å². The average molecular weight is 241 g/mol. The largest absolute Gasteiger partial charge is 0.495 e. The van der Waals surface area contributed by atoms with Crippen molar-refractivity contribution in [3.05, 3.63) is 23.5 Å². The van der Waals surface area contributed by atoms with Crippen molar-refractivity contribution in [1.29, 1.82) is 0 Å². The van der Waals surface area contributed by atoms with Crippen LogP contribution >= 0.6 is 11.8 Å². The van der Waals surface area contributed by atoms with Crippen molar-refractivity contribution < 1.29 is 9.13 Å². The van der Waals surface area contributed by atoms with Crippen molar-refractivity contribution in [1.82, 2.24) is 0 Å². The molecule has 1 saturated carbocycles. The van der Waals surface area contributed by atoms with Gasteiger partial charge in [0.15, 0.2) is 0 Å². The van der Waals surface area contributed by atoms with Crippen molar-refractivity contribution >= 4 is 11.8 Å². The summed E-state index contributed by atoms with van der Waals surface area (Å²) in [5, 5.41) is 0. The molecule has 0 spiro atoms. The molecule has 0 heterocycles. The van der Waals surface area contributed by atoms with Crippen LogP contribution < -0.4 is 10.5 Å². The topological polar surface area (TPSA) is 35.2 Å². The summed E-state index contributed by atoms with van der Waals surface area (Å²) in [5.74, 6) is 0.441. The lowest BCUT2D eigenvalue weighted by Crippen LogP contribution is -2.21. The Kier molecular flexibility index (Phi) is 3.13. The molecule has 1 aliphatic rings. The lowest BCUT2D eigenvalue weighted by atomic mass is 9.95. The molecule has 0 aromatic heterocycles. The monoisotopic (exact) mass is 241 g/mol. The average Bonchev–Trinajstić information content (AvgIpc) is 3.09. The predicted octanol–water partition coefficient (Wildman–Crippen LogP) is 2.55. The van der Waals surface area contributed by atoms with Crippen molar-refractivity contribution in [2.24, 2.45) is 5.73 Å². The number of thioether (sulfide) groups is 1. The molecule has 0 atom stereocenters. The molecule has 1 fully saturated rings. The van der Waals surface area contributed by atoms with E-state index in [1.54, 1.807) is 7.11 Å². The molecule has 1 aromatic rings. The predicted molar refractivity (Wildman–Crippen MR) is 64.7 cm³/mol. The van der Waals surface area contributed by atoms with Crippen LogP contribution in [-0.2, 0) is 5.41 Å². The summed E-state index contributed by atoms with van der Waals surface area (Å²) in [7, 11) is 1.56. The normalized spacial score (nSPS) is 17.2. The third-order valence-corrected chi connectivity index (χ3v) is 4.09. The van der Waals surface area contributed by atoms with Crippen molar-refractivity contribution in [2.75, 3.05) is 19.9 Å². The number of methoxy groups -OCH3 is 1. The van der Waals surface area contributed by atoms with Crippen LogP contribution in [0.3, 0.4) is 0 Å². The Bertz CT molecular complexity index is 404. The van der Waals surface area contributed by atoms with E-state index in [4.69, 9.17) is 10.5 Å². The molecule has 16 heavy (non-hydrogen) atoms. The van der Waals surface area contributed by atoms with E-state index in [-0.39, 0.29) is 11.2 Å². The van der Waals surface area contributed by atoms with Gasteiger partial charge in [-0.3, -0.25) is 0 Å². The summed E-state index contributed by atoms with van der Waals surface area (Å²) < 4.78 is 19.4. The van der Waals surface area contributed by atoms with Gasteiger partial charge >= 0.3 is 0 Å². The highest BCUT2D eigenvalue weighted by Crippen LogP contribution is 2.50. The van der Waals surface area contributed by atoms with Crippen LogP contribution in [0.1, 0.15) is 18.4 Å². The molecule has 88 valence electrons. The van der Waals surface area contributed by atoms with Gasteiger partial charge in [0, 0.05) is 12.0 Å². The second-order valence-electron chi connectivity index (χ2n) is 4.15. The van der Waals surface area contributed by atoms with Gasteiger partial charge < -0.3 is 10.5 Å². The number of benzene rings is 1. The third kappa shape index (κ3) is 1.70. The van der Waals surface area contributed by atoms with E-state index in [2.05, 4.69) is 0 Å². The zero-order valence-electron chi connectivity index (χ0n) is 9.55. The van der Waals surface area contributed by atoms with E-state index in [0.29, 0.717) is 17.2 Å². The van der Waals surface area contributed by atoms with Crippen LogP contribution in [0.25, 0.3) is 0 Å². The highest BCUT2D eigenvalue weighted by molar-refractivity contribution is 7.98. The second-order valence-corrected chi connectivity index (χ2v) is 4.96. The van der Waals surface area contributed by atoms with Crippen LogP contribution in [0.2, 0.25) is 0 Å². The van der Waals surface area contributed by atoms with Gasteiger partial charge in [0.2, 0.25) is 0 Å². The number of hydrogen-bond acceptors (Lipinski definition) is 3. The van der Waals surface area contributed by atoms with Crippen LogP contribution in [0.5, 0.6) is 5.75 Å². The van der Waals surface area contributed by atoms with E-state index >= 15 is 0 Å². The summed E-state index contributed by atoms with van der Waals surface area (Å²) in [6.45, 7) is 0.518. The van der Waals surface area contributed by atoms with E-state index < -0.39 is 0 Å². The van der Waals surface area contributed by atoms with Gasteiger partial charge in [-0.15, -0.1) is 11.8 Å². The molecule has 2 nitrogen and oxygen atoms in total. The third-order valence-electron chi connectivity index (χ3n) is 3.30. The molecular weight excluding hydrogens is 225 g/mol. The van der Waals surface area contributed by atoms with Crippen molar-refractivity contribution in [2.45, 2.75) is 23.2 Å². The molecule has 1 aliphatic carbocycles. The summed E-state index contributed by atoms with van der Waals surface area (Å²) in [6.07, 6.45) is 3.83. The number of rotatable bonds is 4. The number of nitrogens with two attached hydrogens (primary N) is 1. The van der Waals surface area contributed by atoms with E-state index in [9.17, 15) is 4.39 Å². The van der Waals surface area contributed by atoms with Crippen LogP contribution in [0.15, 0.2) is 17.0 Å². The van der Waals surface area contributed by atoms with Gasteiger partial charge in [-0.1, -0.05) is 6.07 Å². The first kappa shape index (κ1) is 11.7. The summed E-state index contributed by atoms with van der Waals surface area (Å²) in [6, 6.07) is 3.65. The van der Waals surface area contributed by atoms with Crippen LogP contribution in [0, 0.1) is 5.82 Å².